The SMILES string of the molecule is Cc1ccc(NC(=O)CN(C)C(=O)C(C)(C)N)cc1. The van der Waals surface area contributed by atoms with Crippen molar-refractivity contribution in [3.05, 3.63) is 29.8 Å². The number of amides is 2. The van der Waals surface area contributed by atoms with Crippen molar-refractivity contribution < 1.29 is 9.59 Å². The zero-order valence-electron chi connectivity index (χ0n) is 11.9. The van der Waals surface area contributed by atoms with Gasteiger partial charge in [-0.3, -0.25) is 9.59 Å². The molecule has 0 heterocycles. The van der Waals surface area contributed by atoms with Gasteiger partial charge in [0.2, 0.25) is 11.8 Å². The van der Waals surface area contributed by atoms with Gasteiger partial charge < -0.3 is 16.0 Å². The molecule has 0 atom stereocenters. The van der Waals surface area contributed by atoms with Crippen LogP contribution in [0.2, 0.25) is 0 Å². The average molecular weight is 263 g/mol. The molecule has 0 aliphatic rings. The average Bonchev–Trinajstić information content (AvgIpc) is 2.29. The first-order chi connectivity index (χ1) is 8.70. The molecule has 1 aromatic rings. The van der Waals surface area contributed by atoms with Crippen LogP contribution in [0.3, 0.4) is 0 Å². The monoisotopic (exact) mass is 263 g/mol. The number of likely N-dealkylation sites (N-methyl/N-ethyl adjacent to an activating group) is 1. The summed E-state index contributed by atoms with van der Waals surface area (Å²) in [6.07, 6.45) is 0. The number of nitrogens with two attached hydrogens (primary N) is 1. The number of aryl methyl sites for hydroxylation is 1. The van der Waals surface area contributed by atoms with Crippen LogP contribution in [0.4, 0.5) is 5.69 Å². The Bertz CT molecular complexity index is 461. The van der Waals surface area contributed by atoms with Crippen molar-refractivity contribution in [2.24, 2.45) is 5.73 Å². The molecule has 0 aromatic heterocycles. The lowest BCUT2D eigenvalue weighted by molar-refractivity contribution is -0.137. The summed E-state index contributed by atoms with van der Waals surface area (Å²) in [5.41, 5.74) is 6.56. The summed E-state index contributed by atoms with van der Waals surface area (Å²) >= 11 is 0. The van der Waals surface area contributed by atoms with E-state index in [0.29, 0.717) is 5.69 Å². The first kappa shape index (κ1) is 15.2. The van der Waals surface area contributed by atoms with E-state index in [9.17, 15) is 9.59 Å². The summed E-state index contributed by atoms with van der Waals surface area (Å²) in [5.74, 6) is -0.518. The normalized spacial score (nSPS) is 11.0. The fraction of sp³-hybridized carbons (Fsp3) is 0.429. The molecule has 0 aliphatic carbocycles. The highest BCUT2D eigenvalue weighted by Gasteiger charge is 2.26. The van der Waals surface area contributed by atoms with E-state index in [4.69, 9.17) is 5.73 Å². The van der Waals surface area contributed by atoms with Crippen LogP contribution in [0.25, 0.3) is 0 Å². The molecule has 0 unspecified atom stereocenters. The fourth-order valence-electron chi connectivity index (χ4n) is 1.62. The number of rotatable bonds is 4. The molecule has 0 aliphatic heterocycles. The van der Waals surface area contributed by atoms with Crippen LogP contribution in [0.5, 0.6) is 0 Å². The molecule has 0 bridgehead atoms. The number of carbonyl (C=O) groups excluding carboxylic acids is 2. The number of anilines is 1. The zero-order valence-corrected chi connectivity index (χ0v) is 11.9. The molecule has 0 radical (unpaired) electrons. The fourth-order valence-corrected chi connectivity index (χ4v) is 1.62. The van der Waals surface area contributed by atoms with E-state index in [0.717, 1.165) is 5.56 Å². The highest BCUT2D eigenvalue weighted by molar-refractivity contribution is 5.95. The lowest BCUT2D eigenvalue weighted by Gasteiger charge is -2.25. The molecule has 5 heteroatoms. The Kier molecular flexibility index (Phi) is 4.67. The van der Waals surface area contributed by atoms with E-state index in [1.807, 2.05) is 31.2 Å². The van der Waals surface area contributed by atoms with Gasteiger partial charge in [-0.25, -0.2) is 0 Å². The van der Waals surface area contributed by atoms with E-state index >= 15 is 0 Å². The Morgan fingerprint density at radius 1 is 1.26 bits per heavy atom. The Labute approximate surface area is 113 Å². The van der Waals surface area contributed by atoms with Crippen LogP contribution in [0, 0.1) is 6.92 Å². The van der Waals surface area contributed by atoms with E-state index in [1.165, 1.54) is 4.90 Å². The number of nitrogens with zero attached hydrogens (tertiary/aromatic N) is 1. The molecular formula is C14H21N3O2. The minimum absolute atomic E-state index is 0.0205. The smallest absolute Gasteiger partial charge is 0.243 e. The van der Waals surface area contributed by atoms with Crippen molar-refractivity contribution in [1.82, 2.24) is 4.90 Å². The first-order valence-electron chi connectivity index (χ1n) is 6.11. The van der Waals surface area contributed by atoms with E-state index < -0.39 is 5.54 Å². The molecule has 3 N–H and O–H groups in total. The van der Waals surface area contributed by atoms with Crippen LogP contribution < -0.4 is 11.1 Å². The van der Waals surface area contributed by atoms with Crippen LogP contribution in [0.15, 0.2) is 24.3 Å². The predicted molar refractivity (Wildman–Crippen MR) is 75.7 cm³/mol. The zero-order chi connectivity index (χ0) is 14.6. The van der Waals surface area contributed by atoms with E-state index in [-0.39, 0.29) is 18.4 Å². The third-order valence-electron chi connectivity index (χ3n) is 2.61. The predicted octanol–water partition coefficient (Wildman–Crippen LogP) is 1.13. The molecule has 5 nitrogen and oxygen atoms in total. The minimum atomic E-state index is -0.973. The topological polar surface area (TPSA) is 75.4 Å². The summed E-state index contributed by atoms with van der Waals surface area (Å²) < 4.78 is 0. The number of nitrogens with one attached hydrogen (secondary N) is 1. The summed E-state index contributed by atoms with van der Waals surface area (Å²) in [6, 6.07) is 7.46. The molecule has 104 valence electrons. The quantitative estimate of drug-likeness (QED) is 0.855. The van der Waals surface area contributed by atoms with Crippen molar-refractivity contribution in [2.75, 3.05) is 18.9 Å². The van der Waals surface area contributed by atoms with E-state index in [2.05, 4.69) is 5.32 Å². The van der Waals surface area contributed by atoms with Crippen molar-refractivity contribution >= 4 is 17.5 Å². The van der Waals surface area contributed by atoms with Gasteiger partial charge in [-0.1, -0.05) is 17.7 Å². The molecule has 0 saturated heterocycles. The molecule has 1 aromatic carbocycles. The van der Waals surface area contributed by atoms with Crippen molar-refractivity contribution in [3.8, 4) is 0 Å². The number of benzene rings is 1. The van der Waals surface area contributed by atoms with Crippen molar-refractivity contribution in [1.29, 1.82) is 0 Å². The highest BCUT2D eigenvalue weighted by Crippen LogP contribution is 2.09. The lowest BCUT2D eigenvalue weighted by atomic mass is 10.1. The van der Waals surface area contributed by atoms with Gasteiger partial charge in [-0.15, -0.1) is 0 Å². The number of hydrogen-bond donors (Lipinski definition) is 2. The summed E-state index contributed by atoms with van der Waals surface area (Å²) in [7, 11) is 1.56. The third-order valence-corrected chi connectivity index (χ3v) is 2.61. The third kappa shape index (κ3) is 4.71. The van der Waals surface area contributed by atoms with Gasteiger partial charge in [-0.2, -0.15) is 0 Å². The Balaban J connectivity index is 2.56. The standard InChI is InChI=1S/C14H21N3O2/c1-10-5-7-11(8-6-10)16-12(18)9-17(4)13(19)14(2,3)15/h5-8H,9,15H2,1-4H3,(H,16,18). The van der Waals surface area contributed by atoms with Gasteiger partial charge in [-0.05, 0) is 32.9 Å². The van der Waals surface area contributed by atoms with Crippen LogP contribution in [-0.2, 0) is 9.59 Å². The van der Waals surface area contributed by atoms with Gasteiger partial charge in [0, 0.05) is 12.7 Å². The number of carbonyl (C=O) groups is 2. The first-order valence-corrected chi connectivity index (χ1v) is 6.11. The van der Waals surface area contributed by atoms with Gasteiger partial charge >= 0.3 is 0 Å². The molecule has 0 saturated carbocycles. The molecule has 19 heavy (non-hydrogen) atoms. The maximum absolute atomic E-state index is 11.8. The summed E-state index contributed by atoms with van der Waals surface area (Å²) in [5, 5.41) is 2.73. The second-order valence-electron chi connectivity index (χ2n) is 5.30. The highest BCUT2D eigenvalue weighted by atomic mass is 16.2. The minimum Gasteiger partial charge on any atom is -0.335 e. The molecule has 2 amide bonds. The molecule has 1 rings (SSSR count). The second kappa shape index (κ2) is 5.84. The second-order valence-corrected chi connectivity index (χ2v) is 5.30. The van der Waals surface area contributed by atoms with Crippen molar-refractivity contribution in [3.63, 3.8) is 0 Å². The van der Waals surface area contributed by atoms with Crippen LogP contribution in [-0.4, -0.2) is 35.8 Å². The van der Waals surface area contributed by atoms with Gasteiger partial charge in [0.05, 0.1) is 12.1 Å². The molecule has 0 spiro atoms. The maximum Gasteiger partial charge on any atom is 0.243 e. The van der Waals surface area contributed by atoms with E-state index in [1.54, 1.807) is 20.9 Å². The summed E-state index contributed by atoms with van der Waals surface area (Å²) in [4.78, 5) is 24.9. The van der Waals surface area contributed by atoms with Crippen molar-refractivity contribution in [2.45, 2.75) is 26.3 Å². The van der Waals surface area contributed by atoms with Gasteiger partial charge in [0.1, 0.15) is 0 Å². The number of hydrogen-bond acceptors (Lipinski definition) is 3. The van der Waals surface area contributed by atoms with Gasteiger partial charge in [0.15, 0.2) is 0 Å². The van der Waals surface area contributed by atoms with Gasteiger partial charge in [0.25, 0.3) is 0 Å². The maximum atomic E-state index is 11.8. The Hall–Kier alpha value is -1.88. The lowest BCUT2D eigenvalue weighted by Crippen LogP contribution is -2.51. The summed E-state index contributed by atoms with van der Waals surface area (Å²) in [6.45, 7) is 5.18. The molecule has 0 fully saturated rings. The largest absolute Gasteiger partial charge is 0.335 e. The Morgan fingerprint density at radius 3 is 2.26 bits per heavy atom. The Morgan fingerprint density at radius 2 is 1.79 bits per heavy atom. The van der Waals surface area contributed by atoms with Crippen LogP contribution >= 0.6 is 0 Å². The molecular weight excluding hydrogens is 242 g/mol. The van der Waals surface area contributed by atoms with Crippen LogP contribution in [0.1, 0.15) is 19.4 Å².